The molecule has 5 rings (SSSR count). The molecule has 0 bridgehead atoms. The summed E-state index contributed by atoms with van der Waals surface area (Å²) >= 11 is 6.80. The fourth-order valence-corrected chi connectivity index (χ4v) is 5.19. The number of aryl methyl sites for hydroxylation is 1. The lowest BCUT2D eigenvalue weighted by molar-refractivity contribution is 0.332. The molecule has 178 valence electrons. The second-order valence-electron chi connectivity index (χ2n) is 8.70. The monoisotopic (exact) mass is 488 g/mol. The quantitative estimate of drug-likeness (QED) is 0.354. The summed E-state index contributed by atoms with van der Waals surface area (Å²) in [6.07, 6.45) is 6.05. The van der Waals surface area contributed by atoms with Gasteiger partial charge in [-0.25, -0.2) is 4.39 Å². The molecule has 0 aliphatic carbocycles. The minimum Gasteiger partial charge on any atom is -0.368 e. The Labute approximate surface area is 208 Å². The van der Waals surface area contributed by atoms with E-state index in [-0.39, 0.29) is 16.5 Å². The zero-order chi connectivity index (χ0) is 24.7. The molecule has 2 aromatic heterocycles. The summed E-state index contributed by atoms with van der Waals surface area (Å²) in [6.45, 7) is 13.3. The minimum absolute atomic E-state index is 0.190. The number of halogens is 2. The van der Waals surface area contributed by atoms with Crippen LogP contribution < -0.4 is 10.5 Å². The maximum Gasteiger partial charge on any atom is 0.256 e. The first-order valence-corrected chi connectivity index (χ1v) is 12.0. The maximum atomic E-state index is 15.1. The van der Waals surface area contributed by atoms with Crippen molar-refractivity contribution < 1.29 is 4.39 Å². The third kappa shape index (κ3) is 3.98. The van der Waals surface area contributed by atoms with Crippen LogP contribution in [0.3, 0.4) is 0 Å². The first kappa shape index (κ1) is 23.1. The fraction of sp³-hybridized carbons (Fsp3) is 0.214. The van der Waals surface area contributed by atoms with Crippen molar-refractivity contribution in [2.24, 2.45) is 0 Å². The highest BCUT2D eigenvalue weighted by Crippen LogP contribution is 2.40. The fourth-order valence-electron chi connectivity index (χ4n) is 4.93. The number of aromatic amines is 1. The molecule has 1 aliphatic heterocycles. The second kappa shape index (κ2) is 9.19. The molecular formula is C28H26ClFN4O. The third-order valence-corrected chi connectivity index (χ3v) is 7.10. The van der Waals surface area contributed by atoms with Gasteiger partial charge in [0, 0.05) is 65.8 Å². The van der Waals surface area contributed by atoms with Gasteiger partial charge in [0.05, 0.1) is 16.6 Å². The summed E-state index contributed by atoms with van der Waals surface area (Å²) in [7, 11) is 0. The SMILES string of the molecule is C=CC(=C)N1CCN(c2c(CC)cnc3cc(-c4c(F)ccc5cc[nH]c(=O)c45)c(Cl)cc23)CC1. The van der Waals surface area contributed by atoms with Crippen LogP contribution in [0, 0.1) is 5.82 Å². The average molecular weight is 489 g/mol. The topological polar surface area (TPSA) is 52.2 Å². The zero-order valence-corrected chi connectivity index (χ0v) is 20.3. The van der Waals surface area contributed by atoms with Gasteiger partial charge in [-0.3, -0.25) is 9.78 Å². The molecule has 0 spiro atoms. The smallest absolute Gasteiger partial charge is 0.256 e. The lowest BCUT2D eigenvalue weighted by Gasteiger charge is -2.38. The van der Waals surface area contributed by atoms with Crippen molar-refractivity contribution in [3.63, 3.8) is 0 Å². The molecule has 4 aromatic rings. The van der Waals surface area contributed by atoms with Crippen molar-refractivity contribution in [3.05, 3.63) is 94.4 Å². The van der Waals surface area contributed by atoms with Crippen molar-refractivity contribution in [2.45, 2.75) is 13.3 Å². The Morgan fingerprint density at radius 3 is 2.71 bits per heavy atom. The van der Waals surface area contributed by atoms with Gasteiger partial charge >= 0.3 is 0 Å². The maximum absolute atomic E-state index is 15.1. The van der Waals surface area contributed by atoms with Crippen molar-refractivity contribution in [1.29, 1.82) is 0 Å². The number of hydrogen-bond acceptors (Lipinski definition) is 4. The Balaban J connectivity index is 1.66. The van der Waals surface area contributed by atoms with E-state index >= 15 is 4.39 Å². The predicted molar refractivity (Wildman–Crippen MR) is 143 cm³/mol. The van der Waals surface area contributed by atoms with Crippen LogP contribution in [0.2, 0.25) is 5.02 Å². The zero-order valence-electron chi connectivity index (χ0n) is 19.6. The number of piperazine rings is 1. The van der Waals surface area contributed by atoms with Crippen LogP contribution in [0.4, 0.5) is 10.1 Å². The summed E-state index contributed by atoms with van der Waals surface area (Å²) in [4.78, 5) is 24.6. The molecule has 2 aromatic carbocycles. The molecule has 0 atom stereocenters. The number of benzene rings is 2. The first-order valence-electron chi connectivity index (χ1n) is 11.7. The molecule has 1 saturated heterocycles. The van der Waals surface area contributed by atoms with Gasteiger partial charge in [0.15, 0.2) is 0 Å². The van der Waals surface area contributed by atoms with Crippen molar-refractivity contribution in [1.82, 2.24) is 14.9 Å². The lowest BCUT2D eigenvalue weighted by atomic mass is 9.96. The highest BCUT2D eigenvalue weighted by atomic mass is 35.5. The number of anilines is 1. The Hall–Kier alpha value is -3.64. The number of rotatable bonds is 5. The van der Waals surface area contributed by atoms with Crippen LogP contribution in [0.25, 0.3) is 32.8 Å². The Morgan fingerprint density at radius 2 is 2.00 bits per heavy atom. The van der Waals surface area contributed by atoms with Crippen molar-refractivity contribution in [2.75, 3.05) is 31.1 Å². The molecule has 1 N–H and O–H groups in total. The number of allylic oxidation sites excluding steroid dienone is 1. The Morgan fingerprint density at radius 1 is 1.23 bits per heavy atom. The van der Waals surface area contributed by atoms with Gasteiger partial charge in [-0.2, -0.15) is 0 Å². The van der Waals surface area contributed by atoms with Crippen LogP contribution in [-0.2, 0) is 6.42 Å². The van der Waals surface area contributed by atoms with E-state index in [1.165, 1.54) is 6.07 Å². The molecule has 0 amide bonds. The van der Waals surface area contributed by atoms with E-state index in [1.54, 1.807) is 30.5 Å². The van der Waals surface area contributed by atoms with Crippen molar-refractivity contribution in [3.8, 4) is 11.1 Å². The molecule has 0 radical (unpaired) electrons. The molecule has 35 heavy (non-hydrogen) atoms. The lowest BCUT2D eigenvalue weighted by Crippen LogP contribution is -2.45. The largest absolute Gasteiger partial charge is 0.368 e. The van der Waals surface area contributed by atoms with E-state index in [4.69, 9.17) is 16.6 Å². The summed E-state index contributed by atoms with van der Waals surface area (Å²) in [5.41, 5.74) is 4.15. The predicted octanol–water partition coefficient (Wildman–Crippen LogP) is 5.92. The number of nitrogens with zero attached hydrogens (tertiary/aromatic N) is 3. The van der Waals surface area contributed by atoms with Gasteiger partial charge in [0.25, 0.3) is 5.56 Å². The van der Waals surface area contributed by atoms with Crippen LogP contribution in [0.15, 0.2) is 72.5 Å². The summed E-state index contributed by atoms with van der Waals surface area (Å²) in [6, 6.07) is 8.37. The molecule has 0 unspecified atom stereocenters. The van der Waals surface area contributed by atoms with Crippen LogP contribution in [0.1, 0.15) is 12.5 Å². The van der Waals surface area contributed by atoms with E-state index in [9.17, 15) is 4.79 Å². The number of pyridine rings is 2. The van der Waals surface area contributed by atoms with Gasteiger partial charge in [0.1, 0.15) is 5.82 Å². The molecule has 1 fully saturated rings. The van der Waals surface area contributed by atoms with E-state index in [2.05, 4.69) is 34.9 Å². The highest BCUT2D eigenvalue weighted by molar-refractivity contribution is 6.35. The highest BCUT2D eigenvalue weighted by Gasteiger charge is 2.23. The molecule has 7 heteroatoms. The first-order chi connectivity index (χ1) is 16.9. The van der Waals surface area contributed by atoms with Gasteiger partial charge in [0.2, 0.25) is 0 Å². The number of H-pyrrole nitrogens is 1. The average Bonchev–Trinajstić information content (AvgIpc) is 2.88. The standard InChI is InChI=1S/C28H26ClFN4O/c1-4-17(3)33-10-12-34(13-11-33)27-18(5-2)16-32-24-15-20(22(29)14-21(24)27)26-23(30)7-6-19-8-9-31-28(35)25(19)26/h4,6-9,14-16H,1,3,5,10-13H2,2H3,(H,31,35). The molecule has 0 saturated carbocycles. The van der Waals surface area contributed by atoms with Gasteiger partial charge in [-0.05, 0) is 47.7 Å². The summed E-state index contributed by atoms with van der Waals surface area (Å²) < 4.78 is 15.1. The molecule has 5 nitrogen and oxygen atoms in total. The van der Waals surface area contributed by atoms with E-state index in [0.717, 1.165) is 54.9 Å². The number of fused-ring (bicyclic) bond motifs is 2. The van der Waals surface area contributed by atoms with E-state index in [0.29, 0.717) is 21.5 Å². The van der Waals surface area contributed by atoms with Crippen molar-refractivity contribution >= 4 is 39.0 Å². The second-order valence-corrected chi connectivity index (χ2v) is 9.10. The normalized spacial score (nSPS) is 14.0. The Bertz CT molecular complexity index is 1540. The van der Waals surface area contributed by atoms with Crippen LogP contribution in [0.5, 0.6) is 0 Å². The minimum atomic E-state index is -0.501. The van der Waals surface area contributed by atoms with E-state index in [1.807, 2.05) is 12.3 Å². The summed E-state index contributed by atoms with van der Waals surface area (Å²) in [5, 5.41) is 2.22. The molecule has 3 heterocycles. The number of nitrogens with one attached hydrogen (secondary N) is 1. The van der Waals surface area contributed by atoms with Gasteiger partial charge in [-0.1, -0.05) is 37.7 Å². The summed E-state index contributed by atoms with van der Waals surface area (Å²) in [5.74, 6) is -0.501. The molecule has 1 aliphatic rings. The van der Waals surface area contributed by atoms with Gasteiger partial charge in [-0.15, -0.1) is 0 Å². The Kier molecular flexibility index (Phi) is 6.07. The van der Waals surface area contributed by atoms with Crippen LogP contribution in [-0.4, -0.2) is 41.0 Å². The number of hydrogen-bond donors (Lipinski definition) is 1. The third-order valence-electron chi connectivity index (χ3n) is 6.78. The molecular weight excluding hydrogens is 463 g/mol. The van der Waals surface area contributed by atoms with Crippen LogP contribution >= 0.6 is 11.6 Å². The van der Waals surface area contributed by atoms with Gasteiger partial charge < -0.3 is 14.8 Å². The number of aromatic nitrogens is 2. The van der Waals surface area contributed by atoms with E-state index < -0.39 is 5.82 Å².